The number of rotatable bonds is 8. The molecular weight excluding hydrogens is 192 g/mol. The Kier molecular flexibility index (Phi) is 6.92. The quantitative estimate of drug-likeness (QED) is 0.571. The number of ether oxygens (including phenoxy) is 2. The number of nitrogens with zero attached hydrogens (tertiary/aromatic N) is 2. The average Bonchev–Trinajstić information content (AvgIpc) is 2.67. The molecule has 1 rings (SSSR count). The summed E-state index contributed by atoms with van der Waals surface area (Å²) in [5.41, 5.74) is 0. The fourth-order valence-electron chi connectivity index (χ4n) is 1.59. The van der Waals surface area contributed by atoms with Gasteiger partial charge in [-0.2, -0.15) is 0 Å². The first kappa shape index (κ1) is 12.9. The Hall–Kier alpha value is -0.160. The standard InChI is InChI=1S/C11H24N2O2/c1-3-7-14-10-12-5-6-13(9-12)11-15-8-4-2/h3-11H2,1-2H3. The van der Waals surface area contributed by atoms with Crippen LogP contribution in [0.3, 0.4) is 0 Å². The molecular formula is C11H24N2O2. The van der Waals surface area contributed by atoms with Gasteiger partial charge in [-0.05, 0) is 12.8 Å². The zero-order chi connectivity index (χ0) is 10.9. The third kappa shape index (κ3) is 5.47. The van der Waals surface area contributed by atoms with Crippen molar-refractivity contribution in [3.05, 3.63) is 0 Å². The van der Waals surface area contributed by atoms with E-state index in [9.17, 15) is 0 Å². The SMILES string of the molecule is CCCOCN1CCN(COCCC)C1. The molecule has 90 valence electrons. The molecule has 0 atom stereocenters. The first-order chi connectivity index (χ1) is 7.36. The third-order valence-corrected chi connectivity index (χ3v) is 2.38. The van der Waals surface area contributed by atoms with E-state index in [0.29, 0.717) is 0 Å². The van der Waals surface area contributed by atoms with E-state index in [1.165, 1.54) is 0 Å². The maximum absolute atomic E-state index is 5.50. The van der Waals surface area contributed by atoms with Gasteiger partial charge in [0.2, 0.25) is 0 Å². The van der Waals surface area contributed by atoms with Crippen LogP contribution in [0, 0.1) is 0 Å². The van der Waals surface area contributed by atoms with Gasteiger partial charge in [-0.15, -0.1) is 0 Å². The monoisotopic (exact) mass is 216 g/mol. The zero-order valence-electron chi connectivity index (χ0n) is 10.1. The van der Waals surface area contributed by atoms with Gasteiger partial charge in [-0.3, -0.25) is 9.80 Å². The van der Waals surface area contributed by atoms with Crippen molar-refractivity contribution in [3.63, 3.8) is 0 Å². The Bertz CT molecular complexity index is 140. The molecule has 1 saturated heterocycles. The maximum atomic E-state index is 5.50. The summed E-state index contributed by atoms with van der Waals surface area (Å²) in [5, 5.41) is 0. The van der Waals surface area contributed by atoms with Gasteiger partial charge in [0.1, 0.15) is 13.5 Å². The van der Waals surface area contributed by atoms with Crippen LogP contribution in [-0.4, -0.2) is 56.2 Å². The van der Waals surface area contributed by atoms with Crippen molar-refractivity contribution in [3.8, 4) is 0 Å². The molecule has 1 heterocycles. The predicted molar refractivity (Wildman–Crippen MR) is 60.5 cm³/mol. The van der Waals surface area contributed by atoms with Crippen LogP contribution in [0.5, 0.6) is 0 Å². The van der Waals surface area contributed by atoms with Crippen molar-refractivity contribution < 1.29 is 9.47 Å². The highest BCUT2D eigenvalue weighted by atomic mass is 16.5. The molecule has 4 nitrogen and oxygen atoms in total. The molecule has 0 aromatic rings. The second-order valence-electron chi connectivity index (χ2n) is 4.00. The summed E-state index contributed by atoms with van der Waals surface area (Å²) in [7, 11) is 0. The molecule has 0 aliphatic carbocycles. The highest BCUT2D eigenvalue weighted by molar-refractivity contribution is 4.66. The summed E-state index contributed by atoms with van der Waals surface area (Å²) in [6.07, 6.45) is 2.19. The van der Waals surface area contributed by atoms with E-state index < -0.39 is 0 Å². The molecule has 0 radical (unpaired) electrons. The van der Waals surface area contributed by atoms with Gasteiger partial charge in [0, 0.05) is 26.3 Å². The Morgan fingerprint density at radius 2 is 1.33 bits per heavy atom. The van der Waals surface area contributed by atoms with E-state index >= 15 is 0 Å². The first-order valence-electron chi connectivity index (χ1n) is 5.97. The van der Waals surface area contributed by atoms with E-state index in [1.807, 2.05) is 0 Å². The molecule has 15 heavy (non-hydrogen) atoms. The molecule has 4 heteroatoms. The van der Waals surface area contributed by atoms with Gasteiger partial charge in [0.15, 0.2) is 0 Å². The fraction of sp³-hybridized carbons (Fsp3) is 1.00. The molecule has 0 spiro atoms. The van der Waals surface area contributed by atoms with Crippen LogP contribution in [0.25, 0.3) is 0 Å². The van der Waals surface area contributed by atoms with Gasteiger partial charge in [-0.25, -0.2) is 0 Å². The summed E-state index contributed by atoms with van der Waals surface area (Å²) in [4.78, 5) is 4.62. The molecule has 0 aromatic heterocycles. The van der Waals surface area contributed by atoms with Crippen LogP contribution in [0.2, 0.25) is 0 Å². The highest BCUT2D eigenvalue weighted by Crippen LogP contribution is 2.04. The van der Waals surface area contributed by atoms with Crippen LogP contribution >= 0.6 is 0 Å². The third-order valence-electron chi connectivity index (χ3n) is 2.38. The topological polar surface area (TPSA) is 24.9 Å². The molecule has 1 aliphatic heterocycles. The average molecular weight is 216 g/mol. The minimum atomic E-state index is 0.762. The van der Waals surface area contributed by atoms with Crippen LogP contribution in [-0.2, 0) is 9.47 Å². The van der Waals surface area contributed by atoms with Gasteiger partial charge in [0.05, 0.1) is 6.67 Å². The zero-order valence-corrected chi connectivity index (χ0v) is 10.1. The Morgan fingerprint density at radius 3 is 1.73 bits per heavy atom. The Morgan fingerprint density at radius 1 is 0.867 bits per heavy atom. The summed E-state index contributed by atoms with van der Waals surface area (Å²) < 4.78 is 11.0. The highest BCUT2D eigenvalue weighted by Gasteiger charge is 2.19. The summed E-state index contributed by atoms with van der Waals surface area (Å²) in [6.45, 7) is 10.7. The van der Waals surface area contributed by atoms with E-state index in [1.54, 1.807) is 0 Å². The lowest BCUT2D eigenvalue weighted by Gasteiger charge is -2.17. The number of hydrogen-bond acceptors (Lipinski definition) is 4. The lowest BCUT2D eigenvalue weighted by Crippen LogP contribution is -2.29. The van der Waals surface area contributed by atoms with Crippen LogP contribution in [0.15, 0.2) is 0 Å². The Labute approximate surface area is 93.1 Å². The van der Waals surface area contributed by atoms with E-state index in [-0.39, 0.29) is 0 Å². The van der Waals surface area contributed by atoms with E-state index in [4.69, 9.17) is 9.47 Å². The summed E-state index contributed by atoms with van der Waals surface area (Å²) in [6, 6.07) is 0. The molecule has 0 bridgehead atoms. The normalized spacial score (nSPS) is 18.8. The van der Waals surface area contributed by atoms with Crippen molar-refractivity contribution >= 4 is 0 Å². The maximum Gasteiger partial charge on any atom is 0.100 e. The molecule has 1 fully saturated rings. The second kappa shape index (κ2) is 8.05. The van der Waals surface area contributed by atoms with Gasteiger partial charge >= 0.3 is 0 Å². The van der Waals surface area contributed by atoms with Crippen molar-refractivity contribution in [2.24, 2.45) is 0 Å². The van der Waals surface area contributed by atoms with Crippen LogP contribution < -0.4 is 0 Å². The fourth-order valence-corrected chi connectivity index (χ4v) is 1.59. The van der Waals surface area contributed by atoms with Crippen molar-refractivity contribution in [2.75, 3.05) is 46.4 Å². The van der Waals surface area contributed by atoms with E-state index in [2.05, 4.69) is 23.6 Å². The molecule has 0 aromatic carbocycles. The minimum Gasteiger partial charge on any atom is -0.366 e. The van der Waals surface area contributed by atoms with Crippen molar-refractivity contribution in [1.29, 1.82) is 0 Å². The smallest absolute Gasteiger partial charge is 0.100 e. The summed E-state index contributed by atoms with van der Waals surface area (Å²) >= 11 is 0. The van der Waals surface area contributed by atoms with Crippen LogP contribution in [0.4, 0.5) is 0 Å². The van der Waals surface area contributed by atoms with Crippen molar-refractivity contribution in [2.45, 2.75) is 26.7 Å². The first-order valence-corrected chi connectivity index (χ1v) is 5.97. The lowest BCUT2D eigenvalue weighted by atomic mass is 10.5. The van der Waals surface area contributed by atoms with Gasteiger partial charge in [0.25, 0.3) is 0 Å². The molecule has 0 amide bonds. The van der Waals surface area contributed by atoms with Gasteiger partial charge in [-0.1, -0.05) is 13.8 Å². The molecule has 1 aliphatic rings. The largest absolute Gasteiger partial charge is 0.366 e. The predicted octanol–water partition coefficient (Wildman–Crippen LogP) is 1.33. The van der Waals surface area contributed by atoms with E-state index in [0.717, 1.165) is 59.3 Å². The molecule has 0 N–H and O–H groups in total. The molecule has 0 unspecified atom stereocenters. The van der Waals surface area contributed by atoms with Crippen LogP contribution in [0.1, 0.15) is 26.7 Å². The number of hydrogen-bond donors (Lipinski definition) is 0. The Balaban J connectivity index is 1.99. The van der Waals surface area contributed by atoms with Crippen molar-refractivity contribution in [1.82, 2.24) is 9.80 Å². The summed E-state index contributed by atoms with van der Waals surface area (Å²) in [5.74, 6) is 0. The molecule has 0 saturated carbocycles. The minimum absolute atomic E-state index is 0.762. The van der Waals surface area contributed by atoms with Gasteiger partial charge < -0.3 is 9.47 Å². The lowest BCUT2D eigenvalue weighted by molar-refractivity contribution is 0.00483. The second-order valence-corrected chi connectivity index (χ2v) is 4.00.